The number of aromatic hydroxyl groups is 3. The fourth-order valence-electron chi connectivity index (χ4n) is 12.5. The maximum absolute atomic E-state index is 16.0. The average Bonchev–Trinajstić information content (AvgIpc) is 0.905. The van der Waals surface area contributed by atoms with Gasteiger partial charge in [-0.15, -0.1) is 0 Å². The number of likely N-dealkylation sites (N-methyl/N-ethyl adjacent to an activating group) is 1. The zero-order valence-corrected chi connectivity index (χ0v) is 54.8. The summed E-state index contributed by atoms with van der Waals surface area (Å²) in [5, 5.41) is 131. The van der Waals surface area contributed by atoms with Crippen molar-refractivity contribution < 1.29 is 118 Å². The van der Waals surface area contributed by atoms with Gasteiger partial charge in [-0.2, -0.15) is 0 Å². The number of halogens is 1. The second-order valence-electron chi connectivity index (χ2n) is 25.6. The van der Waals surface area contributed by atoms with E-state index in [9.17, 15) is 75.0 Å². The van der Waals surface area contributed by atoms with Crippen molar-refractivity contribution in [2.75, 3.05) is 13.7 Å². The lowest BCUT2D eigenvalue weighted by Crippen LogP contribution is -2.64. The third-order valence-electron chi connectivity index (χ3n) is 17.7. The predicted octanol–water partition coefficient (Wildman–Crippen LogP) is -0.547. The SMILES string of the molecule is CN[C@H](CC(C)C)C(=O)N[C@H]1C(=O)N[C@@H](CC(N)=O)C(=O)N[C@H]2C(=O)N[C@H]3C(=O)N[C@H](C(=O)N[C@H](C(=O)O)c4cc(O)cc(O)c4-c4cc3ccc4O)[C@H](O)c3cccc(c3)Oc3cc2cc(c3O[C@@H]2O[C@@H](CO)[C@H](O)[C@@H](O)[C@@H]2O[C@H]2C[C@@](C)(N)[C@@H](O)[C@@H](C)O2)Oc2ccc(cc2Cl)[C@H]1O. The molecule has 0 aliphatic carbocycles. The number of hydrogen-bond acceptors (Lipinski definition) is 25. The van der Waals surface area contributed by atoms with Crippen LogP contribution in [0.2, 0.25) is 5.02 Å². The maximum Gasteiger partial charge on any atom is 0.330 e. The molecule has 5 aromatic carbocycles. The summed E-state index contributed by atoms with van der Waals surface area (Å²) in [6.45, 7) is 5.68. The fraction of sp³-hybridized carbons (Fsp3) is 0.424. The molecule has 2 fully saturated rings. The van der Waals surface area contributed by atoms with Gasteiger partial charge in [0.2, 0.25) is 53.4 Å². The van der Waals surface area contributed by atoms with E-state index in [0.29, 0.717) is 0 Å². The van der Waals surface area contributed by atoms with Crippen LogP contribution in [0.4, 0.5) is 0 Å². The van der Waals surface area contributed by atoms with Gasteiger partial charge in [-0.1, -0.05) is 49.7 Å². The van der Waals surface area contributed by atoms with Gasteiger partial charge in [-0.3, -0.25) is 33.6 Å². The molecule has 6 aliphatic heterocycles. The van der Waals surface area contributed by atoms with Crippen LogP contribution in [0.15, 0.2) is 84.9 Å². The Hall–Kier alpha value is -9.49. The van der Waals surface area contributed by atoms with Crippen LogP contribution in [0.1, 0.15) is 105 Å². The molecule has 0 radical (unpaired) electrons. The number of phenols is 3. The first-order valence-corrected chi connectivity index (χ1v) is 31.9. The molecule has 33 nitrogen and oxygen atoms in total. The van der Waals surface area contributed by atoms with E-state index in [-0.39, 0.29) is 52.0 Å². The van der Waals surface area contributed by atoms with Gasteiger partial charge in [-0.25, -0.2) is 4.79 Å². The second-order valence-corrected chi connectivity index (χ2v) is 26.0. The number of aliphatic hydroxyl groups excluding tert-OH is 6. The Morgan fingerprint density at radius 2 is 1.41 bits per heavy atom. The van der Waals surface area contributed by atoms with Gasteiger partial charge in [0.05, 0.1) is 36.3 Å². The van der Waals surface area contributed by atoms with Gasteiger partial charge in [-0.05, 0) is 110 Å². The van der Waals surface area contributed by atoms with Crippen LogP contribution in [0.3, 0.4) is 0 Å². The normalized spacial score (nSPS) is 29.6. The van der Waals surface area contributed by atoms with Gasteiger partial charge < -0.3 is 128 Å². The molecule has 7 amide bonds. The first-order chi connectivity index (χ1) is 47.2. The Morgan fingerprint density at radius 1 is 0.740 bits per heavy atom. The molecule has 6 heterocycles. The molecular formula is C66H76ClN9O24. The first kappa shape index (κ1) is 73.2. The third-order valence-corrected chi connectivity index (χ3v) is 18.0. The van der Waals surface area contributed by atoms with Crippen molar-refractivity contribution >= 4 is 58.9 Å². The molecule has 0 saturated carbocycles. The van der Waals surface area contributed by atoms with Gasteiger partial charge in [0.25, 0.3) is 0 Å². The van der Waals surface area contributed by atoms with Crippen molar-refractivity contribution in [1.82, 2.24) is 37.2 Å². The maximum atomic E-state index is 16.0. The number of primary amides is 1. The number of aliphatic carboxylic acids is 1. The van der Waals surface area contributed by atoms with Crippen molar-refractivity contribution in [3.05, 3.63) is 118 Å². The van der Waals surface area contributed by atoms with Gasteiger partial charge in [0.1, 0.15) is 89.5 Å². The number of rotatable bonds is 13. The molecule has 18 atom stereocenters. The Balaban J connectivity index is 1.24. The molecule has 0 spiro atoms. The zero-order chi connectivity index (χ0) is 72.7. The van der Waals surface area contributed by atoms with E-state index in [2.05, 4.69) is 37.2 Å². The Labute approximate surface area is 574 Å². The van der Waals surface area contributed by atoms with E-state index in [4.69, 9.17) is 51.5 Å². The fourth-order valence-corrected chi connectivity index (χ4v) is 12.7. The average molecular weight is 1410 g/mol. The summed E-state index contributed by atoms with van der Waals surface area (Å²) in [7, 11) is 1.48. The van der Waals surface area contributed by atoms with Crippen LogP contribution in [-0.4, -0.2) is 191 Å². The molecule has 5 aromatic rings. The number of carbonyl (C=O) groups excluding carboxylic acids is 7. The van der Waals surface area contributed by atoms with Crippen molar-refractivity contribution in [1.29, 1.82) is 0 Å². The van der Waals surface area contributed by atoms with Crippen LogP contribution in [0, 0.1) is 5.92 Å². The van der Waals surface area contributed by atoms with Crippen LogP contribution >= 0.6 is 11.6 Å². The van der Waals surface area contributed by atoms with Crippen molar-refractivity contribution in [3.63, 3.8) is 0 Å². The molecule has 34 heteroatoms. The molecule has 0 aromatic heterocycles. The summed E-state index contributed by atoms with van der Waals surface area (Å²) in [4.78, 5) is 117. The largest absolute Gasteiger partial charge is 0.508 e. The van der Waals surface area contributed by atoms with Crippen LogP contribution in [0.5, 0.6) is 46.0 Å². The number of aliphatic hydroxyl groups is 6. The van der Waals surface area contributed by atoms with Crippen molar-refractivity contribution in [3.8, 4) is 57.1 Å². The van der Waals surface area contributed by atoms with Crippen LogP contribution in [-0.2, 0) is 52.6 Å². The number of nitrogens with two attached hydrogens (primary N) is 2. The third kappa shape index (κ3) is 15.4. The number of benzene rings is 5. The summed E-state index contributed by atoms with van der Waals surface area (Å²) in [5.74, 6) is -15.7. The molecular weight excluding hydrogens is 1340 g/mol. The van der Waals surface area contributed by atoms with E-state index < -0.39 is 226 Å². The Kier molecular flexibility index (Phi) is 21.8. The number of carboxylic acids is 1. The molecule has 11 rings (SSSR count). The van der Waals surface area contributed by atoms with Crippen LogP contribution in [0.25, 0.3) is 11.1 Å². The standard InChI is InChI=1S/C66H76ClN9O24/c1-24(2)13-35(70-5)58(87)75-49-52(83)28-10-12-39(34(67)16-28)97-41-18-29-17-40(55(41)100-65-56(54(85)53(84)42(23-77)98-65)99-44-22-66(4,69)57(86)25(3)95-44)96-31-8-6-7-27(14-31)51(82)50-63(92)74-48(64(93)94)33-19-30(78)20-38(80)45(33)32-15-26(9-11-37(32)79)46(60(89)76-50)73-61(90)47(29)72-59(88)36(21-43(68)81)71-62(49)91/h6-12,14-20,24-25,35-36,42,44,46-54,56-57,65,70,77-80,82-86H,13,21-23,69H2,1-5H3,(H2,68,81)(H,71,91)(H,72,88)(H,73,90)(H,74,92)(H,75,87)(H,76,89)(H,93,94)/t25-,35-,36+,42+,44+,46-,47-,48+,49-,50+,51-,52-,53+,54-,56+,57+,65+,66-/m1/s1. The minimum absolute atomic E-state index is 0.0908. The van der Waals surface area contributed by atoms with Gasteiger partial charge in [0, 0.05) is 34.7 Å². The minimum Gasteiger partial charge on any atom is -0.508 e. The van der Waals surface area contributed by atoms with Crippen LogP contribution < -0.4 is 62.9 Å². The lowest BCUT2D eigenvalue weighted by molar-refractivity contribution is -0.333. The second kappa shape index (κ2) is 29.8. The first-order valence-electron chi connectivity index (χ1n) is 31.5. The van der Waals surface area contributed by atoms with Gasteiger partial charge >= 0.3 is 5.97 Å². The molecule has 6 aliphatic rings. The lowest BCUT2D eigenvalue weighted by Gasteiger charge is -2.47. The Bertz CT molecular complexity index is 4010. The summed E-state index contributed by atoms with van der Waals surface area (Å²) >= 11 is 7.06. The van der Waals surface area contributed by atoms with E-state index in [0.717, 1.165) is 54.6 Å². The predicted molar refractivity (Wildman–Crippen MR) is 344 cm³/mol. The zero-order valence-electron chi connectivity index (χ0n) is 54.0. The highest BCUT2D eigenvalue weighted by molar-refractivity contribution is 6.32. The number of phenolic OH excluding ortho intramolecular Hbond substituents is 3. The monoisotopic (exact) mass is 1410 g/mol. The molecule has 0 unspecified atom stereocenters. The lowest BCUT2D eigenvalue weighted by atomic mass is 9.86. The van der Waals surface area contributed by atoms with Gasteiger partial charge in [0.15, 0.2) is 29.9 Å². The number of carbonyl (C=O) groups is 8. The number of amides is 7. The minimum atomic E-state index is -2.31. The summed E-state index contributed by atoms with van der Waals surface area (Å²) < 4.78 is 38.4. The highest BCUT2D eigenvalue weighted by Crippen LogP contribution is 2.49. The summed E-state index contributed by atoms with van der Waals surface area (Å²) in [6, 6.07) is 1.22. The van der Waals surface area contributed by atoms with Crippen molar-refractivity contribution in [2.45, 2.75) is 156 Å². The van der Waals surface area contributed by atoms with E-state index >= 15 is 14.4 Å². The molecule has 11 bridgehead atoms. The van der Waals surface area contributed by atoms with E-state index in [1.54, 1.807) is 0 Å². The molecule has 536 valence electrons. The number of carboxylic acid groups (broad SMARTS) is 1. The Morgan fingerprint density at radius 3 is 2.07 bits per heavy atom. The molecule has 100 heavy (non-hydrogen) atoms. The topological polar surface area (TPSA) is 530 Å². The van der Waals surface area contributed by atoms with E-state index in [1.807, 2.05) is 13.8 Å². The van der Waals surface area contributed by atoms with Crippen molar-refractivity contribution in [2.24, 2.45) is 17.4 Å². The van der Waals surface area contributed by atoms with E-state index in [1.165, 1.54) is 51.2 Å². The summed E-state index contributed by atoms with van der Waals surface area (Å²) in [5.41, 5.74) is 8.13. The highest BCUT2D eigenvalue weighted by atomic mass is 35.5. The number of nitrogens with one attached hydrogen (secondary N) is 7. The number of hydrogen-bond donors (Lipinski definition) is 19. The molecule has 21 N–H and O–H groups in total. The molecule has 2 saturated heterocycles. The quantitative estimate of drug-likeness (QED) is 0.0703. The smallest absolute Gasteiger partial charge is 0.330 e. The highest BCUT2D eigenvalue weighted by Gasteiger charge is 2.51. The summed E-state index contributed by atoms with van der Waals surface area (Å²) in [6.07, 6.45) is -18.4. The number of ether oxygens (including phenoxy) is 6. The number of fused-ring (bicyclic) bond motifs is 19.